The lowest BCUT2D eigenvalue weighted by Gasteiger charge is -2.18. The highest BCUT2D eigenvalue weighted by Crippen LogP contribution is 2.26. The topological polar surface area (TPSA) is 141 Å². The Morgan fingerprint density at radius 1 is 1.41 bits per heavy atom. The van der Waals surface area contributed by atoms with E-state index in [1.54, 1.807) is 13.0 Å². The van der Waals surface area contributed by atoms with E-state index in [1.165, 1.54) is 6.07 Å². The van der Waals surface area contributed by atoms with Crippen LogP contribution in [-0.4, -0.2) is 22.9 Å². The number of nitrogens with zero attached hydrogens (tertiary/aromatic N) is 3. The summed E-state index contributed by atoms with van der Waals surface area (Å²) < 4.78 is 0. The maximum atomic E-state index is 9.83. The van der Waals surface area contributed by atoms with E-state index in [2.05, 4.69) is 10.0 Å². The van der Waals surface area contributed by atoms with Crippen LogP contribution >= 0.6 is 0 Å². The number of azide groups is 1. The van der Waals surface area contributed by atoms with Crippen molar-refractivity contribution in [3.8, 4) is 0 Å². The summed E-state index contributed by atoms with van der Waals surface area (Å²) in [5.74, 6) is 0. The van der Waals surface area contributed by atoms with Crippen molar-refractivity contribution in [2.75, 3.05) is 18.0 Å². The number of aliphatic hydroxyl groups excluding tert-OH is 2. The summed E-state index contributed by atoms with van der Waals surface area (Å²) in [5, 5.41) is 22.6. The number of rotatable bonds is 4. The lowest BCUT2D eigenvalue weighted by Crippen LogP contribution is -2.21. The Labute approximate surface area is 98.3 Å². The Hall–Kier alpha value is -1.95. The Kier molecular flexibility index (Phi) is 4.17. The third-order valence-corrected chi connectivity index (χ3v) is 2.48. The molecule has 0 aliphatic carbocycles. The maximum Gasteiger partial charge on any atom is 0.105 e. The number of anilines is 2. The summed E-state index contributed by atoms with van der Waals surface area (Å²) >= 11 is 0. The van der Waals surface area contributed by atoms with Crippen LogP contribution in [0.5, 0.6) is 0 Å². The SMILES string of the molecule is Cc1cc(C(O)C(O)CN=[N+]=[N-])cc(N)c1N. The van der Waals surface area contributed by atoms with Crippen LogP contribution < -0.4 is 11.5 Å². The molecule has 1 rings (SSSR count). The molecule has 2 unspecified atom stereocenters. The fourth-order valence-electron chi connectivity index (χ4n) is 1.47. The molecular weight excluding hydrogens is 222 g/mol. The molecule has 1 aromatic rings. The monoisotopic (exact) mass is 237 g/mol. The first-order chi connectivity index (χ1) is 7.97. The number of hydrogen-bond donors (Lipinski definition) is 4. The summed E-state index contributed by atoms with van der Waals surface area (Å²) in [6.07, 6.45) is -2.34. The summed E-state index contributed by atoms with van der Waals surface area (Å²) in [4.78, 5) is 2.51. The molecule has 0 aromatic heterocycles. The second-order valence-electron chi connectivity index (χ2n) is 3.77. The lowest BCUT2D eigenvalue weighted by atomic mass is 10.0. The fraction of sp³-hybridized carbons (Fsp3) is 0.400. The van der Waals surface area contributed by atoms with Crippen molar-refractivity contribution < 1.29 is 10.2 Å². The lowest BCUT2D eigenvalue weighted by molar-refractivity contribution is 0.0244. The quantitative estimate of drug-likeness (QED) is 0.266. The molecule has 7 nitrogen and oxygen atoms in total. The summed E-state index contributed by atoms with van der Waals surface area (Å²) in [5.41, 5.74) is 21.4. The van der Waals surface area contributed by atoms with Gasteiger partial charge in [0.1, 0.15) is 6.10 Å². The smallest absolute Gasteiger partial charge is 0.105 e. The van der Waals surface area contributed by atoms with Gasteiger partial charge in [0.05, 0.1) is 24.0 Å². The minimum atomic E-state index is -1.17. The van der Waals surface area contributed by atoms with Gasteiger partial charge < -0.3 is 21.7 Å². The number of aliphatic hydroxyl groups is 2. The number of nitrogens with two attached hydrogens (primary N) is 2. The number of hydrogen-bond acceptors (Lipinski definition) is 5. The summed E-state index contributed by atoms with van der Waals surface area (Å²) in [6.45, 7) is 1.54. The Balaban J connectivity index is 2.96. The van der Waals surface area contributed by atoms with Gasteiger partial charge in [-0.25, -0.2) is 0 Å². The standard InChI is InChI=1S/C10H15N5O2/c1-5-2-6(3-7(11)9(5)12)10(17)8(16)4-14-15-13/h2-3,8,10,16-17H,4,11-12H2,1H3. The van der Waals surface area contributed by atoms with Crippen molar-refractivity contribution in [1.29, 1.82) is 0 Å². The second-order valence-corrected chi connectivity index (χ2v) is 3.77. The van der Waals surface area contributed by atoms with Crippen LogP contribution in [0.4, 0.5) is 11.4 Å². The van der Waals surface area contributed by atoms with Gasteiger partial charge in [-0.3, -0.25) is 0 Å². The molecule has 0 saturated carbocycles. The molecule has 1 aromatic carbocycles. The number of nitrogen functional groups attached to an aromatic ring is 2. The molecule has 0 fully saturated rings. The highest BCUT2D eigenvalue weighted by molar-refractivity contribution is 5.68. The third kappa shape index (κ3) is 3.01. The van der Waals surface area contributed by atoms with Gasteiger partial charge in [-0.05, 0) is 29.6 Å². The molecular formula is C10H15N5O2. The van der Waals surface area contributed by atoms with E-state index in [4.69, 9.17) is 17.0 Å². The zero-order valence-corrected chi connectivity index (χ0v) is 9.41. The van der Waals surface area contributed by atoms with Crippen LogP contribution in [0.15, 0.2) is 17.2 Å². The van der Waals surface area contributed by atoms with E-state index in [0.29, 0.717) is 16.9 Å². The molecule has 0 heterocycles. The third-order valence-electron chi connectivity index (χ3n) is 2.48. The molecule has 0 aliphatic rings. The largest absolute Gasteiger partial charge is 0.397 e. The van der Waals surface area contributed by atoms with Gasteiger partial charge in [0.15, 0.2) is 0 Å². The molecule has 0 saturated heterocycles. The van der Waals surface area contributed by atoms with E-state index >= 15 is 0 Å². The van der Waals surface area contributed by atoms with E-state index < -0.39 is 12.2 Å². The van der Waals surface area contributed by atoms with Crippen molar-refractivity contribution in [1.82, 2.24) is 0 Å². The molecule has 0 spiro atoms. The first-order valence-electron chi connectivity index (χ1n) is 4.99. The molecule has 17 heavy (non-hydrogen) atoms. The molecule has 0 bridgehead atoms. The van der Waals surface area contributed by atoms with Crippen LogP contribution in [0.25, 0.3) is 10.4 Å². The zero-order chi connectivity index (χ0) is 13.0. The first-order valence-corrected chi connectivity index (χ1v) is 4.99. The van der Waals surface area contributed by atoms with Crippen LogP contribution in [0.2, 0.25) is 0 Å². The van der Waals surface area contributed by atoms with Gasteiger partial charge in [-0.2, -0.15) is 0 Å². The average Bonchev–Trinajstić information content (AvgIpc) is 2.31. The molecule has 0 radical (unpaired) electrons. The fourth-order valence-corrected chi connectivity index (χ4v) is 1.47. The van der Waals surface area contributed by atoms with Crippen LogP contribution in [0.3, 0.4) is 0 Å². The van der Waals surface area contributed by atoms with Crippen molar-refractivity contribution in [2.24, 2.45) is 5.11 Å². The minimum absolute atomic E-state index is 0.207. The first kappa shape index (κ1) is 13.1. The van der Waals surface area contributed by atoms with Crippen LogP contribution in [0.1, 0.15) is 17.2 Å². The van der Waals surface area contributed by atoms with Crippen molar-refractivity contribution in [3.05, 3.63) is 33.7 Å². The minimum Gasteiger partial charge on any atom is -0.397 e. The van der Waals surface area contributed by atoms with E-state index in [9.17, 15) is 10.2 Å². The van der Waals surface area contributed by atoms with Crippen molar-refractivity contribution in [3.63, 3.8) is 0 Å². The Bertz CT molecular complexity index is 433. The van der Waals surface area contributed by atoms with Crippen LogP contribution in [0, 0.1) is 6.92 Å². The normalized spacial score (nSPS) is 13.8. The predicted molar refractivity (Wildman–Crippen MR) is 65.0 cm³/mol. The van der Waals surface area contributed by atoms with Gasteiger partial charge in [0, 0.05) is 4.91 Å². The van der Waals surface area contributed by atoms with E-state index in [1.807, 2.05) is 0 Å². The van der Waals surface area contributed by atoms with Gasteiger partial charge in [-0.1, -0.05) is 11.2 Å². The van der Waals surface area contributed by atoms with Crippen LogP contribution in [-0.2, 0) is 0 Å². The Morgan fingerprint density at radius 3 is 2.59 bits per heavy atom. The average molecular weight is 237 g/mol. The molecule has 0 aliphatic heterocycles. The van der Waals surface area contributed by atoms with Gasteiger partial charge in [-0.15, -0.1) is 0 Å². The summed E-state index contributed by atoms with van der Waals surface area (Å²) in [6, 6.07) is 3.13. The zero-order valence-electron chi connectivity index (χ0n) is 9.41. The number of aryl methyl sites for hydroxylation is 1. The van der Waals surface area contributed by atoms with Crippen molar-refractivity contribution in [2.45, 2.75) is 19.1 Å². The molecule has 92 valence electrons. The van der Waals surface area contributed by atoms with E-state index in [0.717, 1.165) is 5.56 Å². The van der Waals surface area contributed by atoms with Crippen molar-refractivity contribution >= 4 is 11.4 Å². The Morgan fingerprint density at radius 2 is 2.06 bits per heavy atom. The molecule has 0 amide bonds. The van der Waals surface area contributed by atoms with Gasteiger partial charge in [0.25, 0.3) is 0 Å². The maximum absolute atomic E-state index is 9.83. The second kappa shape index (κ2) is 5.40. The predicted octanol–water partition coefficient (Wildman–Crippen LogP) is 0.864. The highest BCUT2D eigenvalue weighted by Gasteiger charge is 2.19. The molecule has 7 heteroatoms. The summed E-state index contributed by atoms with van der Waals surface area (Å²) in [7, 11) is 0. The van der Waals surface area contributed by atoms with Gasteiger partial charge >= 0.3 is 0 Å². The van der Waals surface area contributed by atoms with E-state index in [-0.39, 0.29) is 6.54 Å². The highest BCUT2D eigenvalue weighted by atomic mass is 16.3. The number of benzene rings is 1. The molecule has 2 atom stereocenters. The van der Waals surface area contributed by atoms with Gasteiger partial charge in [0.2, 0.25) is 0 Å². The molecule has 6 N–H and O–H groups in total.